The second-order valence-electron chi connectivity index (χ2n) is 4.78. The summed E-state index contributed by atoms with van der Waals surface area (Å²) in [5, 5.41) is 3.59. The van der Waals surface area contributed by atoms with Gasteiger partial charge in [-0.15, -0.1) is 0 Å². The van der Waals surface area contributed by atoms with E-state index < -0.39 is 0 Å². The van der Waals surface area contributed by atoms with Gasteiger partial charge in [-0.25, -0.2) is 0 Å². The molecular formula is C13H19NO. The van der Waals surface area contributed by atoms with Crippen LogP contribution in [0.25, 0.3) is 0 Å². The van der Waals surface area contributed by atoms with Gasteiger partial charge in [-0.1, -0.05) is 12.1 Å². The van der Waals surface area contributed by atoms with Crippen molar-refractivity contribution in [3.8, 4) is 0 Å². The number of fused-ring (bicyclic) bond motifs is 1. The molecule has 0 saturated heterocycles. The molecule has 1 atom stereocenters. The molecule has 0 bridgehead atoms. The van der Waals surface area contributed by atoms with Crippen molar-refractivity contribution >= 4 is 5.69 Å². The molecule has 2 heteroatoms. The number of methoxy groups -OCH3 is 1. The molecule has 1 N–H and O–H groups in total. The molecule has 2 rings (SSSR count). The molecule has 0 aromatic heterocycles. The Morgan fingerprint density at radius 1 is 1.47 bits per heavy atom. The first-order chi connectivity index (χ1) is 7.13. The third kappa shape index (κ3) is 2.15. The third-order valence-electron chi connectivity index (χ3n) is 3.11. The Kier molecular flexibility index (Phi) is 2.70. The molecule has 1 aromatic rings. The fourth-order valence-electron chi connectivity index (χ4n) is 2.25. The van der Waals surface area contributed by atoms with Crippen LogP contribution < -0.4 is 5.32 Å². The standard InChI is InChI=1S/C13H19NO/c1-10-4-5-11-6-7-13(2,9-15-3)14-12(11)8-10/h4-5,8,14H,6-7,9H2,1-3H3. The van der Waals surface area contributed by atoms with Gasteiger partial charge in [0.1, 0.15) is 0 Å². The van der Waals surface area contributed by atoms with Crippen LogP contribution in [0, 0.1) is 6.92 Å². The second-order valence-corrected chi connectivity index (χ2v) is 4.78. The van der Waals surface area contributed by atoms with Crippen LogP contribution in [0.2, 0.25) is 0 Å². The Bertz CT molecular complexity index is 362. The molecule has 0 aliphatic carbocycles. The lowest BCUT2D eigenvalue weighted by Gasteiger charge is -2.36. The van der Waals surface area contributed by atoms with E-state index in [4.69, 9.17) is 4.74 Å². The first-order valence-corrected chi connectivity index (χ1v) is 5.50. The van der Waals surface area contributed by atoms with Crippen molar-refractivity contribution in [1.82, 2.24) is 0 Å². The smallest absolute Gasteiger partial charge is 0.0690 e. The van der Waals surface area contributed by atoms with Gasteiger partial charge in [-0.2, -0.15) is 0 Å². The zero-order valence-corrected chi connectivity index (χ0v) is 9.76. The minimum absolute atomic E-state index is 0.0928. The molecule has 0 fully saturated rings. The van der Waals surface area contributed by atoms with Crippen molar-refractivity contribution in [3.05, 3.63) is 29.3 Å². The van der Waals surface area contributed by atoms with Gasteiger partial charge in [0.2, 0.25) is 0 Å². The average molecular weight is 205 g/mol. The van der Waals surface area contributed by atoms with Crippen LogP contribution in [-0.4, -0.2) is 19.3 Å². The molecule has 0 radical (unpaired) electrons. The third-order valence-corrected chi connectivity index (χ3v) is 3.11. The fourth-order valence-corrected chi connectivity index (χ4v) is 2.25. The van der Waals surface area contributed by atoms with E-state index in [1.54, 1.807) is 7.11 Å². The first-order valence-electron chi connectivity index (χ1n) is 5.50. The fraction of sp³-hybridized carbons (Fsp3) is 0.538. The zero-order chi connectivity index (χ0) is 10.9. The van der Waals surface area contributed by atoms with Crippen LogP contribution in [0.3, 0.4) is 0 Å². The van der Waals surface area contributed by atoms with E-state index >= 15 is 0 Å². The first kappa shape index (κ1) is 10.5. The molecule has 82 valence electrons. The summed E-state index contributed by atoms with van der Waals surface area (Å²) in [6.07, 6.45) is 2.28. The SMILES string of the molecule is COCC1(C)CCc2ccc(C)cc2N1. The average Bonchev–Trinajstić information content (AvgIpc) is 2.17. The van der Waals surface area contributed by atoms with Crippen molar-refractivity contribution < 1.29 is 4.74 Å². The summed E-state index contributed by atoms with van der Waals surface area (Å²) in [5.74, 6) is 0. The lowest BCUT2D eigenvalue weighted by atomic mass is 9.88. The predicted octanol–water partition coefficient (Wildman–Crippen LogP) is 2.76. The summed E-state index contributed by atoms with van der Waals surface area (Å²) in [4.78, 5) is 0. The molecule has 0 amide bonds. The minimum Gasteiger partial charge on any atom is -0.382 e. The molecule has 2 nitrogen and oxygen atoms in total. The summed E-state index contributed by atoms with van der Waals surface area (Å²) in [6.45, 7) is 5.12. The molecule has 1 aliphatic rings. The molecule has 1 aliphatic heterocycles. The Morgan fingerprint density at radius 2 is 2.27 bits per heavy atom. The van der Waals surface area contributed by atoms with Gasteiger partial charge in [-0.3, -0.25) is 0 Å². The molecule has 1 aromatic carbocycles. The van der Waals surface area contributed by atoms with E-state index in [-0.39, 0.29) is 5.54 Å². The maximum atomic E-state index is 5.27. The molecule has 1 heterocycles. The number of nitrogens with one attached hydrogen (secondary N) is 1. The van der Waals surface area contributed by atoms with E-state index in [0.717, 1.165) is 19.4 Å². The van der Waals surface area contributed by atoms with E-state index in [9.17, 15) is 0 Å². The molecular weight excluding hydrogens is 186 g/mol. The lowest BCUT2D eigenvalue weighted by molar-refractivity contribution is 0.144. The van der Waals surface area contributed by atoms with E-state index in [0.29, 0.717) is 0 Å². The van der Waals surface area contributed by atoms with Crippen LogP contribution in [0.1, 0.15) is 24.5 Å². The summed E-state index contributed by atoms with van der Waals surface area (Å²) < 4.78 is 5.27. The van der Waals surface area contributed by atoms with Crippen molar-refractivity contribution in [2.24, 2.45) is 0 Å². The molecule has 1 unspecified atom stereocenters. The number of rotatable bonds is 2. The number of hydrogen-bond donors (Lipinski definition) is 1. The number of aryl methyl sites for hydroxylation is 2. The van der Waals surface area contributed by atoms with Gasteiger partial charge in [-0.05, 0) is 43.9 Å². The van der Waals surface area contributed by atoms with Crippen LogP contribution in [0.5, 0.6) is 0 Å². The highest BCUT2D eigenvalue weighted by molar-refractivity contribution is 5.56. The Labute approximate surface area is 91.6 Å². The van der Waals surface area contributed by atoms with Crippen molar-refractivity contribution in [3.63, 3.8) is 0 Å². The zero-order valence-electron chi connectivity index (χ0n) is 9.76. The van der Waals surface area contributed by atoms with Gasteiger partial charge in [0, 0.05) is 12.8 Å². The van der Waals surface area contributed by atoms with Crippen LogP contribution in [0.15, 0.2) is 18.2 Å². The Balaban J connectivity index is 2.25. The van der Waals surface area contributed by atoms with Gasteiger partial charge in [0.05, 0.1) is 12.1 Å². The quantitative estimate of drug-likeness (QED) is 0.801. The maximum Gasteiger partial charge on any atom is 0.0690 e. The monoisotopic (exact) mass is 205 g/mol. The topological polar surface area (TPSA) is 21.3 Å². The van der Waals surface area contributed by atoms with Crippen molar-refractivity contribution in [2.75, 3.05) is 19.0 Å². The minimum atomic E-state index is 0.0928. The summed E-state index contributed by atoms with van der Waals surface area (Å²) in [6, 6.07) is 6.63. The number of benzene rings is 1. The Hall–Kier alpha value is -1.02. The van der Waals surface area contributed by atoms with Gasteiger partial charge in [0.15, 0.2) is 0 Å². The summed E-state index contributed by atoms with van der Waals surface area (Å²) >= 11 is 0. The second kappa shape index (κ2) is 3.86. The number of hydrogen-bond acceptors (Lipinski definition) is 2. The largest absolute Gasteiger partial charge is 0.382 e. The van der Waals surface area contributed by atoms with Crippen molar-refractivity contribution in [2.45, 2.75) is 32.2 Å². The highest BCUT2D eigenvalue weighted by Crippen LogP contribution is 2.31. The van der Waals surface area contributed by atoms with Crippen LogP contribution >= 0.6 is 0 Å². The lowest BCUT2D eigenvalue weighted by Crippen LogP contribution is -2.42. The van der Waals surface area contributed by atoms with E-state index in [1.807, 2.05) is 0 Å². The van der Waals surface area contributed by atoms with E-state index in [1.165, 1.54) is 16.8 Å². The molecule has 15 heavy (non-hydrogen) atoms. The van der Waals surface area contributed by atoms with Crippen LogP contribution in [0.4, 0.5) is 5.69 Å². The normalized spacial score (nSPS) is 24.5. The highest BCUT2D eigenvalue weighted by atomic mass is 16.5. The Morgan fingerprint density at radius 3 is 3.00 bits per heavy atom. The van der Waals surface area contributed by atoms with Gasteiger partial charge >= 0.3 is 0 Å². The summed E-state index contributed by atoms with van der Waals surface area (Å²) in [5.41, 5.74) is 4.10. The van der Waals surface area contributed by atoms with Crippen molar-refractivity contribution in [1.29, 1.82) is 0 Å². The molecule has 0 spiro atoms. The predicted molar refractivity (Wildman–Crippen MR) is 63.4 cm³/mol. The molecule has 0 saturated carbocycles. The number of anilines is 1. The number of ether oxygens (including phenoxy) is 1. The van der Waals surface area contributed by atoms with Gasteiger partial charge in [0.25, 0.3) is 0 Å². The van der Waals surface area contributed by atoms with E-state index in [2.05, 4.69) is 37.4 Å². The van der Waals surface area contributed by atoms with Gasteiger partial charge < -0.3 is 10.1 Å². The van der Waals surface area contributed by atoms with Crippen LogP contribution in [-0.2, 0) is 11.2 Å². The summed E-state index contributed by atoms with van der Waals surface area (Å²) in [7, 11) is 1.76. The highest BCUT2D eigenvalue weighted by Gasteiger charge is 2.28. The maximum absolute atomic E-state index is 5.27.